The zero-order valence-corrected chi connectivity index (χ0v) is 14.9. The van der Waals surface area contributed by atoms with Gasteiger partial charge >= 0.3 is 0 Å². The summed E-state index contributed by atoms with van der Waals surface area (Å²) in [5.41, 5.74) is 1.60. The van der Waals surface area contributed by atoms with Gasteiger partial charge in [-0.25, -0.2) is 0 Å². The molecule has 1 aliphatic heterocycles. The van der Waals surface area contributed by atoms with Crippen LogP contribution in [0.15, 0.2) is 24.4 Å². The first-order valence-corrected chi connectivity index (χ1v) is 9.75. The first kappa shape index (κ1) is 16.6. The van der Waals surface area contributed by atoms with Gasteiger partial charge in [0.25, 0.3) is 5.91 Å². The van der Waals surface area contributed by atoms with E-state index >= 15 is 0 Å². The number of aromatic amines is 1. The Morgan fingerprint density at radius 3 is 2.84 bits per heavy atom. The molecule has 1 saturated carbocycles. The Hall–Kier alpha value is -1.88. The quantitative estimate of drug-likeness (QED) is 0.933. The molecule has 0 unspecified atom stereocenters. The topological polar surface area (TPSA) is 52.2 Å². The number of carbonyl (C=O) groups excluding carboxylic acids is 1. The summed E-state index contributed by atoms with van der Waals surface area (Å²) in [5, 5.41) is 8.06. The fourth-order valence-corrected chi connectivity index (χ4v) is 4.41. The summed E-state index contributed by atoms with van der Waals surface area (Å²) in [6.07, 6.45) is 9.84. The van der Waals surface area contributed by atoms with E-state index in [1.54, 1.807) is 6.20 Å². The molecule has 2 aromatic rings. The van der Waals surface area contributed by atoms with E-state index in [1.165, 1.54) is 38.6 Å². The molecule has 0 radical (unpaired) electrons. The Kier molecular flexibility index (Phi) is 5.02. The van der Waals surface area contributed by atoms with Crippen LogP contribution in [0.1, 0.15) is 48.9 Å². The lowest BCUT2D eigenvalue weighted by Crippen LogP contribution is -2.37. The van der Waals surface area contributed by atoms with Gasteiger partial charge in [0, 0.05) is 31.6 Å². The molecule has 1 aliphatic carbocycles. The maximum absolute atomic E-state index is 13.0. The highest BCUT2D eigenvalue weighted by Crippen LogP contribution is 2.25. The first-order chi connectivity index (χ1) is 12.3. The summed E-state index contributed by atoms with van der Waals surface area (Å²) in [6, 6.07) is 5.84. The second-order valence-electron chi connectivity index (χ2n) is 7.59. The van der Waals surface area contributed by atoms with Crippen molar-refractivity contribution < 1.29 is 4.79 Å². The van der Waals surface area contributed by atoms with Crippen molar-refractivity contribution in [2.75, 3.05) is 32.7 Å². The van der Waals surface area contributed by atoms with Crippen molar-refractivity contribution in [1.29, 1.82) is 0 Å². The monoisotopic (exact) mass is 340 g/mol. The van der Waals surface area contributed by atoms with Crippen LogP contribution >= 0.6 is 0 Å². The molecule has 1 amide bonds. The third-order valence-electron chi connectivity index (χ3n) is 5.82. The van der Waals surface area contributed by atoms with Crippen molar-refractivity contribution in [3.63, 3.8) is 0 Å². The zero-order chi connectivity index (χ0) is 17.1. The third kappa shape index (κ3) is 3.71. The minimum Gasteiger partial charge on any atom is -0.337 e. The zero-order valence-electron chi connectivity index (χ0n) is 14.9. The average molecular weight is 340 g/mol. The number of fused-ring (bicyclic) bond motifs is 1. The van der Waals surface area contributed by atoms with Crippen LogP contribution in [0.25, 0.3) is 10.9 Å². The van der Waals surface area contributed by atoms with E-state index in [0.717, 1.165) is 55.0 Å². The van der Waals surface area contributed by atoms with Crippen LogP contribution < -0.4 is 0 Å². The molecule has 1 saturated heterocycles. The summed E-state index contributed by atoms with van der Waals surface area (Å²) >= 11 is 0. The Morgan fingerprint density at radius 2 is 1.96 bits per heavy atom. The van der Waals surface area contributed by atoms with E-state index in [1.807, 2.05) is 23.1 Å². The highest BCUT2D eigenvalue weighted by atomic mass is 16.2. The van der Waals surface area contributed by atoms with Crippen LogP contribution in [-0.2, 0) is 0 Å². The highest BCUT2D eigenvalue weighted by molar-refractivity contribution is 6.05. The molecule has 5 heteroatoms. The van der Waals surface area contributed by atoms with Crippen LogP contribution in [0.4, 0.5) is 0 Å². The third-order valence-corrected chi connectivity index (χ3v) is 5.82. The molecule has 5 nitrogen and oxygen atoms in total. The van der Waals surface area contributed by atoms with E-state index in [-0.39, 0.29) is 5.91 Å². The van der Waals surface area contributed by atoms with Crippen LogP contribution in [0.2, 0.25) is 0 Å². The molecule has 1 aromatic carbocycles. The minimum atomic E-state index is 0.134. The molecule has 25 heavy (non-hydrogen) atoms. The Bertz CT molecular complexity index is 719. The molecule has 0 spiro atoms. The van der Waals surface area contributed by atoms with Gasteiger partial charge in [-0.2, -0.15) is 5.10 Å². The van der Waals surface area contributed by atoms with Crippen molar-refractivity contribution in [3.8, 4) is 0 Å². The number of nitrogens with one attached hydrogen (secondary N) is 1. The van der Waals surface area contributed by atoms with Gasteiger partial charge in [0.2, 0.25) is 0 Å². The molecular formula is C20H28N4O. The smallest absolute Gasteiger partial charge is 0.256 e. The number of para-hydroxylation sites is 1. The Labute approximate surface area is 149 Å². The van der Waals surface area contributed by atoms with Crippen molar-refractivity contribution in [1.82, 2.24) is 20.0 Å². The lowest BCUT2D eigenvalue weighted by molar-refractivity contribution is 0.0761. The molecule has 1 aromatic heterocycles. The SMILES string of the molecule is O=C(c1cccc2cn[nH]c12)N1CCCN(CC2CCCCC2)CC1. The normalized spacial score (nSPS) is 20.7. The van der Waals surface area contributed by atoms with E-state index in [0.29, 0.717) is 0 Å². The molecule has 2 heterocycles. The van der Waals surface area contributed by atoms with Gasteiger partial charge in [0.05, 0.1) is 17.3 Å². The van der Waals surface area contributed by atoms with Crippen LogP contribution in [0.5, 0.6) is 0 Å². The van der Waals surface area contributed by atoms with Crippen molar-refractivity contribution >= 4 is 16.8 Å². The summed E-state index contributed by atoms with van der Waals surface area (Å²) < 4.78 is 0. The number of amides is 1. The molecule has 4 rings (SSSR count). The predicted molar refractivity (Wildman–Crippen MR) is 99.6 cm³/mol. The number of nitrogens with zero attached hydrogens (tertiary/aromatic N) is 3. The van der Waals surface area contributed by atoms with Crippen LogP contribution in [-0.4, -0.2) is 58.6 Å². The minimum absolute atomic E-state index is 0.134. The first-order valence-electron chi connectivity index (χ1n) is 9.75. The van der Waals surface area contributed by atoms with E-state index in [9.17, 15) is 4.79 Å². The predicted octanol–water partition coefficient (Wildman–Crippen LogP) is 3.29. The molecule has 2 fully saturated rings. The van der Waals surface area contributed by atoms with Crippen molar-refractivity contribution in [3.05, 3.63) is 30.0 Å². The molecule has 2 aliphatic rings. The van der Waals surface area contributed by atoms with E-state index in [2.05, 4.69) is 15.1 Å². The van der Waals surface area contributed by atoms with E-state index < -0.39 is 0 Å². The lowest BCUT2D eigenvalue weighted by Gasteiger charge is -2.28. The summed E-state index contributed by atoms with van der Waals surface area (Å²) in [4.78, 5) is 17.6. The average Bonchev–Trinajstić information content (AvgIpc) is 3.01. The van der Waals surface area contributed by atoms with Crippen molar-refractivity contribution in [2.45, 2.75) is 38.5 Å². The molecule has 1 N–H and O–H groups in total. The molecule has 0 atom stereocenters. The second kappa shape index (κ2) is 7.56. The summed E-state index contributed by atoms with van der Waals surface area (Å²) in [7, 11) is 0. The summed E-state index contributed by atoms with van der Waals surface area (Å²) in [6.45, 7) is 5.02. The van der Waals surface area contributed by atoms with E-state index in [4.69, 9.17) is 0 Å². The largest absolute Gasteiger partial charge is 0.337 e. The van der Waals surface area contributed by atoms with Crippen molar-refractivity contribution in [2.24, 2.45) is 5.92 Å². The number of rotatable bonds is 3. The van der Waals surface area contributed by atoms with Crippen LogP contribution in [0, 0.1) is 5.92 Å². The fraction of sp³-hybridized carbons (Fsp3) is 0.600. The maximum Gasteiger partial charge on any atom is 0.256 e. The highest BCUT2D eigenvalue weighted by Gasteiger charge is 2.24. The van der Waals surface area contributed by atoms with Gasteiger partial charge < -0.3 is 9.80 Å². The van der Waals surface area contributed by atoms with Gasteiger partial charge in [-0.1, -0.05) is 31.4 Å². The number of hydrogen-bond donors (Lipinski definition) is 1. The number of aromatic nitrogens is 2. The van der Waals surface area contributed by atoms with Gasteiger partial charge in [-0.3, -0.25) is 9.89 Å². The number of hydrogen-bond acceptors (Lipinski definition) is 3. The van der Waals surface area contributed by atoms with Gasteiger partial charge in [-0.05, 0) is 37.8 Å². The van der Waals surface area contributed by atoms with Crippen LogP contribution in [0.3, 0.4) is 0 Å². The number of H-pyrrole nitrogens is 1. The number of benzene rings is 1. The van der Waals surface area contributed by atoms with Gasteiger partial charge in [0.15, 0.2) is 0 Å². The molecular weight excluding hydrogens is 312 g/mol. The fourth-order valence-electron chi connectivity index (χ4n) is 4.41. The molecule has 134 valence electrons. The standard InChI is InChI=1S/C20H28N4O/c25-20(18-9-4-8-17-14-21-22-19(17)18)24-11-5-10-23(12-13-24)15-16-6-2-1-3-7-16/h4,8-9,14,16H,1-3,5-7,10-13,15H2,(H,21,22). The Morgan fingerprint density at radius 1 is 1.08 bits per heavy atom. The van der Waals surface area contributed by atoms with Gasteiger partial charge in [0.1, 0.15) is 0 Å². The maximum atomic E-state index is 13.0. The Balaban J connectivity index is 1.40. The number of carbonyl (C=O) groups is 1. The lowest BCUT2D eigenvalue weighted by atomic mass is 9.89. The molecule has 0 bridgehead atoms. The summed E-state index contributed by atoms with van der Waals surface area (Å²) in [5.74, 6) is 1.00. The van der Waals surface area contributed by atoms with Gasteiger partial charge in [-0.15, -0.1) is 0 Å². The second-order valence-corrected chi connectivity index (χ2v) is 7.59.